The van der Waals surface area contributed by atoms with Crippen LogP contribution in [0.2, 0.25) is 0 Å². The van der Waals surface area contributed by atoms with Crippen molar-refractivity contribution < 1.29 is 18.3 Å². The third kappa shape index (κ3) is 3.07. The molecule has 1 aromatic carbocycles. The van der Waals surface area contributed by atoms with Gasteiger partial charge in [0.15, 0.2) is 0 Å². The number of halogens is 2. The van der Waals surface area contributed by atoms with E-state index in [2.05, 4.69) is 4.98 Å². The maximum Gasteiger partial charge on any atom is 0.338 e. The highest BCUT2D eigenvalue weighted by atomic mass is 32.1. The first-order chi connectivity index (χ1) is 8.15. The molecule has 0 saturated carbocycles. The van der Waals surface area contributed by atoms with E-state index in [1.54, 1.807) is 11.7 Å². The fraction of sp³-hybridized carbons (Fsp3) is 0.0909. The summed E-state index contributed by atoms with van der Waals surface area (Å²) in [5.41, 5.74) is 1.46. The van der Waals surface area contributed by atoms with Crippen LogP contribution >= 0.6 is 11.3 Å². The minimum absolute atomic E-state index is 0.0433. The number of benzene rings is 1. The summed E-state index contributed by atoms with van der Waals surface area (Å²) in [6.07, 6.45) is 1.56. The molecule has 0 aliphatic rings. The summed E-state index contributed by atoms with van der Waals surface area (Å²) >= 11 is 1.33. The number of aromatic nitrogens is 1. The Morgan fingerprint density at radius 3 is 2.59 bits per heavy atom. The number of nitrogens with zero attached hydrogens (tertiary/aromatic N) is 1. The van der Waals surface area contributed by atoms with Crippen molar-refractivity contribution in [1.29, 1.82) is 0 Å². The van der Waals surface area contributed by atoms with Gasteiger partial charge in [-0.1, -0.05) is 0 Å². The lowest BCUT2D eigenvalue weighted by Gasteiger charge is -2.03. The van der Waals surface area contributed by atoms with Crippen LogP contribution in [0.25, 0.3) is 0 Å². The second kappa shape index (κ2) is 5.01. The van der Waals surface area contributed by atoms with Crippen molar-refractivity contribution in [3.05, 3.63) is 52.0 Å². The zero-order chi connectivity index (χ0) is 12.3. The van der Waals surface area contributed by atoms with Crippen molar-refractivity contribution in [2.24, 2.45) is 0 Å². The number of ether oxygens (including phenoxy) is 1. The summed E-state index contributed by atoms with van der Waals surface area (Å²) in [6.45, 7) is 0.0433. The third-order valence-corrected chi connectivity index (χ3v) is 2.68. The van der Waals surface area contributed by atoms with Gasteiger partial charge in [-0.2, -0.15) is 0 Å². The van der Waals surface area contributed by atoms with E-state index >= 15 is 0 Å². The molecular formula is C11H7F2NO2S. The third-order valence-electron chi connectivity index (χ3n) is 1.93. The molecule has 6 heteroatoms. The Kier molecular flexibility index (Phi) is 3.43. The number of hydrogen-bond donors (Lipinski definition) is 0. The molecule has 0 N–H and O–H groups in total. The summed E-state index contributed by atoms with van der Waals surface area (Å²) in [4.78, 5) is 16.0. The number of thiazole rings is 1. The van der Waals surface area contributed by atoms with Crippen molar-refractivity contribution in [2.45, 2.75) is 6.61 Å². The molecule has 88 valence electrons. The average Bonchev–Trinajstić information content (AvgIpc) is 2.77. The summed E-state index contributed by atoms with van der Waals surface area (Å²) in [6, 6.07) is 2.55. The highest BCUT2D eigenvalue weighted by molar-refractivity contribution is 7.09. The van der Waals surface area contributed by atoms with Crippen LogP contribution in [-0.2, 0) is 11.3 Å². The summed E-state index contributed by atoms with van der Waals surface area (Å²) in [7, 11) is 0. The van der Waals surface area contributed by atoms with E-state index in [4.69, 9.17) is 4.74 Å². The number of hydrogen-bond acceptors (Lipinski definition) is 4. The van der Waals surface area contributed by atoms with Gasteiger partial charge in [-0.05, 0) is 12.1 Å². The molecule has 1 heterocycles. The van der Waals surface area contributed by atoms with E-state index < -0.39 is 17.6 Å². The van der Waals surface area contributed by atoms with E-state index in [1.165, 1.54) is 11.3 Å². The molecule has 0 saturated heterocycles. The Hall–Kier alpha value is -1.82. The molecule has 1 aromatic heterocycles. The number of rotatable bonds is 3. The van der Waals surface area contributed by atoms with E-state index in [-0.39, 0.29) is 12.2 Å². The predicted octanol–water partition coefficient (Wildman–Crippen LogP) is 2.78. The van der Waals surface area contributed by atoms with Crippen molar-refractivity contribution in [1.82, 2.24) is 4.98 Å². The zero-order valence-corrected chi connectivity index (χ0v) is 9.34. The van der Waals surface area contributed by atoms with Crippen molar-refractivity contribution in [3.8, 4) is 0 Å². The summed E-state index contributed by atoms with van der Waals surface area (Å²) in [5, 5.41) is 0. The van der Waals surface area contributed by atoms with Gasteiger partial charge in [-0.25, -0.2) is 13.6 Å². The van der Waals surface area contributed by atoms with E-state index in [0.29, 0.717) is 6.07 Å². The molecule has 0 spiro atoms. The zero-order valence-electron chi connectivity index (χ0n) is 8.52. The van der Waals surface area contributed by atoms with Gasteiger partial charge in [-0.15, -0.1) is 11.3 Å². The van der Waals surface area contributed by atoms with Crippen LogP contribution in [0.5, 0.6) is 0 Å². The van der Waals surface area contributed by atoms with Crippen LogP contribution in [0.15, 0.2) is 29.9 Å². The van der Waals surface area contributed by atoms with Gasteiger partial charge < -0.3 is 4.74 Å². The lowest BCUT2D eigenvalue weighted by Crippen LogP contribution is -2.05. The largest absolute Gasteiger partial charge is 0.456 e. The van der Waals surface area contributed by atoms with Crippen LogP contribution < -0.4 is 0 Å². The molecule has 0 bridgehead atoms. The second-order valence-electron chi connectivity index (χ2n) is 3.20. The van der Waals surface area contributed by atoms with Crippen molar-refractivity contribution in [2.75, 3.05) is 0 Å². The Morgan fingerprint density at radius 2 is 2.00 bits per heavy atom. The summed E-state index contributed by atoms with van der Waals surface area (Å²) in [5.74, 6) is -2.39. The molecular weight excluding hydrogens is 248 g/mol. The minimum atomic E-state index is -0.810. The molecule has 17 heavy (non-hydrogen) atoms. The monoisotopic (exact) mass is 255 g/mol. The van der Waals surface area contributed by atoms with Crippen molar-refractivity contribution >= 4 is 17.3 Å². The lowest BCUT2D eigenvalue weighted by molar-refractivity contribution is 0.0475. The fourth-order valence-corrected chi connectivity index (χ4v) is 1.71. The van der Waals surface area contributed by atoms with E-state index in [0.717, 1.165) is 17.0 Å². The molecule has 0 radical (unpaired) electrons. The predicted molar refractivity (Wildman–Crippen MR) is 57.6 cm³/mol. The molecule has 0 atom stereocenters. The first-order valence-corrected chi connectivity index (χ1v) is 5.54. The Morgan fingerprint density at radius 1 is 1.29 bits per heavy atom. The highest BCUT2D eigenvalue weighted by Crippen LogP contribution is 2.12. The first kappa shape index (κ1) is 11.7. The van der Waals surface area contributed by atoms with E-state index in [9.17, 15) is 13.6 Å². The SMILES string of the molecule is O=C(OCc1cncs1)c1cc(F)cc(F)c1. The van der Waals surface area contributed by atoms with Gasteiger partial charge in [0, 0.05) is 12.3 Å². The number of carbonyl (C=O) groups excluding carboxylic acids is 1. The Labute approximate surface area is 99.7 Å². The summed E-state index contributed by atoms with van der Waals surface area (Å²) < 4.78 is 30.6. The van der Waals surface area contributed by atoms with Gasteiger partial charge >= 0.3 is 5.97 Å². The first-order valence-electron chi connectivity index (χ1n) is 4.66. The molecule has 3 nitrogen and oxygen atoms in total. The van der Waals surface area contributed by atoms with Gasteiger partial charge in [0.1, 0.15) is 18.2 Å². The second-order valence-corrected chi connectivity index (χ2v) is 4.17. The van der Waals surface area contributed by atoms with Gasteiger partial charge in [0.2, 0.25) is 0 Å². The fourth-order valence-electron chi connectivity index (χ4n) is 1.21. The maximum atomic E-state index is 12.8. The molecule has 0 fully saturated rings. The quantitative estimate of drug-likeness (QED) is 0.792. The molecule has 0 aliphatic carbocycles. The standard InChI is InChI=1S/C11H7F2NO2S/c12-8-1-7(2-9(13)3-8)11(15)16-5-10-4-14-6-17-10/h1-4,6H,5H2. The number of carbonyl (C=O) groups is 1. The normalized spacial score (nSPS) is 10.2. The molecule has 0 amide bonds. The van der Waals surface area contributed by atoms with Crippen LogP contribution in [0.1, 0.15) is 15.2 Å². The maximum absolute atomic E-state index is 12.8. The van der Waals surface area contributed by atoms with Crippen LogP contribution in [0, 0.1) is 11.6 Å². The smallest absolute Gasteiger partial charge is 0.338 e. The van der Waals surface area contributed by atoms with Crippen molar-refractivity contribution in [3.63, 3.8) is 0 Å². The minimum Gasteiger partial charge on any atom is -0.456 e. The Bertz CT molecular complexity index is 508. The Balaban J connectivity index is 2.04. The van der Waals surface area contributed by atoms with E-state index in [1.807, 2.05) is 0 Å². The lowest BCUT2D eigenvalue weighted by atomic mass is 10.2. The van der Waals surface area contributed by atoms with Crippen LogP contribution in [-0.4, -0.2) is 11.0 Å². The number of esters is 1. The average molecular weight is 255 g/mol. The molecule has 2 rings (SSSR count). The van der Waals surface area contributed by atoms with Gasteiger partial charge in [0.25, 0.3) is 0 Å². The van der Waals surface area contributed by atoms with Crippen LogP contribution in [0.4, 0.5) is 8.78 Å². The highest BCUT2D eigenvalue weighted by Gasteiger charge is 2.11. The van der Waals surface area contributed by atoms with Gasteiger partial charge in [-0.3, -0.25) is 4.98 Å². The topological polar surface area (TPSA) is 39.2 Å². The molecule has 0 unspecified atom stereocenters. The van der Waals surface area contributed by atoms with Gasteiger partial charge in [0.05, 0.1) is 16.0 Å². The van der Waals surface area contributed by atoms with Crippen LogP contribution in [0.3, 0.4) is 0 Å². The molecule has 0 aliphatic heterocycles. The molecule has 2 aromatic rings.